The second kappa shape index (κ2) is 13.5. The van der Waals surface area contributed by atoms with E-state index in [4.69, 9.17) is 31.4 Å². The van der Waals surface area contributed by atoms with E-state index in [1.807, 2.05) is 44.3 Å². The molecule has 0 bridgehead atoms. The van der Waals surface area contributed by atoms with Gasteiger partial charge in [-0.05, 0) is 80.5 Å². The van der Waals surface area contributed by atoms with Gasteiger partial charge >= 0.3 is 11.9 Å². The number of esters is 2. The highest BCUT2D eigenvalue weighted by Crippen LogP contribution is 2.24. The molecular weight excluding hydrogens is 558 g/mol. The number of carbonyl (C=O) groups excluding carboxylic acids is 2. The molecule has 0 amide bonds. The Morgan fingerprint density at radius 1 is 0.929 bits per heavy atom. The van der Waals surface area contributed by atoms with Crippen LogP contribution in [0.25, 0.3) is 10.9 Å². The second-order valence-corrected chi connectivity index (χ2v) is 9.57. The number of methoxy groups -OCH3 is 3. The number of H-pyrrole nitrogens is 1. The zero-order chi connectivity index (χ0) is 30.2. The van der Waals surface area contributed by atoms with Crippen LogP contribution in [-0.4, -0.2) is 65.8 Å². The van der Waals surface area contributed by atoms with Crippen molar-refractivity contribution in [1.82, 2.24) is 20.3 Å². The van der Waals surface area contributed by atoms with E-state index in [9.17, 15) is 9.59 Å². The number of aromatic amines is 1. The molecule has 13 heteroatoms. The zero-order valence-corrected chi connectivity index (χ0v) is 24.6. The first-order valence-electron chi connectivity index (χ1n) is 12.9. The van der Waals surface area contributed by atoms with Crippen molar-refractivity contribution >= 4 is 57.8 Å². The normalized spacial score (nSPS) is 11.1. The lowest BCUT2D eigenvalue weighted by Crippen LogP contribution is -2.39. The molecule has 0 radical (unpaired) electrons. The molecule has 0 unspecified atom stereocenters. The van der Waals surface area contributed by atoms with Gasteiger partial charge in [-0.2, -0.15) is 0 Å². The van der Waals surface area contributed by atoms with E-state index >= 15 is 0 Å². The molecule has 0 aliphatic carbocycles. The Morgan fingerprint density at radius 3 is 2.21 bits per heavy atom. The molecule has 0 saturated heterocycles. The van der Waals surface area contributed by atoms with Crippen molar-refractivity contribution in [2.75, 3.05) is 38.5 Å². The number of thiocarbonyl (C=S) groups is 1. The molecule has 12 nitrogen and oxygen atoms in total. The van der Waals surface area contributed by atoms with E-state index in [2.05, 4.69) is 30.9 Å². The van der Waals surface area contributed by atoms with Crippen LogP contribution in [0.3, 0.4) is 0 Å². The van der Waals surface area contributed by atoms with Gasteiger partial charge in [0, 0.05) is 40.7 Å². The van der Waals surface area contributed by atoms with Crippen LogP contribution in [0.1, 0.15) is 37.7 Å². The first-order valence-corrected chi connectivity index (χ1v) is 13.3. The number of aliphatic imine (C=N–C) groups is 1. The van der Waals surface area contributed by atoms with Gasteiger partial charge in [-0.15, -0.1) is 0 Å². The Balaban J connectivity index is 1.56. The Labute approximate surface area is 247 Å². The van der Waals surface area contributed by atoms with Crippen molar-refractivity contribution in [3.8, 4) is 5.75 Å². The molecule has 0 aliphatic heterocycles. The van der Waals surface area contributed by atoms with Gasteiger partial charge in [0.15, 0.2) is 5.11 Å². The van der Waals surface area contributed by atoms with Crippen molar-refractivity contribution in [2.24, 2.45) is 4.99 Å². The minimum absolute atomic E-state index is 0.139. The van der Waals surface area contributed by atoms with E-state index in [0.29, 0.717) is 30.6 Å². The quantitative estimate of drug-likeness (QED) is 0.101. The van der Waals surface area contributed by atoms with Gasteiger partial charge in [-0.25, -0.2) is 19.6 Å². The molecule has 2 aromatic heterocycles. The number of nitrogens with zero attached hydrogens (tertiary/aromatic N) is 3. The summed E-state index contributed by atoms with van der Waals surface area (Å²) in [6, 6.07) is 12.1. The maximum absolute atomic E-state index is 12.2. The van der Waals surface area contributed by atoms with Gasteiger partial charge in [-0.3, -0.25) is 10.3 Å². The lowest BCUT2D eigenvalue weighted by molar-refractivity contribution is 0.0599. The maximum Gasteiger partial charge on any atom is 0.337 e. The first-order chi connectivity index (χ1) is 20.2. The van der Waals surface area contributed by atoms with Crippen LogP contribution >= 0.6 is 12.2 Å². The summed E-state index contributed by atoms with van der Waals surface area (Å²) >= 11 is 5.54. The fraction of sp³-hybridized carbons (Fsp3) is 0.241. The molecule has 0 saturated carbocycles. The van der Waals surface area contributed by atoms with E-state index in [1.54, 1.807) is 7.11 Å². The maximum atomic E-state index is 12.2. The predicted octanol–water partition coefficient (Wildman–Crippen LogP) is 4.15. The predicted molar refractivity (Wildman–Crippen MR) is 164 cm³/mol. The van der Waals surface area contributed by atoms with E-state index < -0.39 is 11.9 Å². The van der Waals surface area contributed by atoms with Gasteiger partial charge < -0.3 is 29.8 Å². The van der Waals surface area contributed by atoms with Crippen LogP contribution in [0.2, 0.25) is 0 Å². The van der Waals surface area contributed by atoms with E-state index in [0.717, 1.165) is 33.6 Å². The number of hydrogen-bond donors (Lipinski definition) is 4. The van der Waals surface area contributed by atoms with Crippen molar-refractivity contribution in [3.05, 3.63) is 76.7 Å². The molecule has 2 aromatic carbocycles. The number of anilines is 2. The van der Waals surface area contributed by atoms with Crippen LogP contribution in [0.4, 0.5) is 11.6 Å². The lowest BCUT2D eigenvalue weighted by Gasteiger charge is -2.15. The molecule has 4 rings (SSSR count). The topological polar surface area (TPSA) is 152 Å². The zero-order valence-electron chi connectivity index (χ0n) is 23.8. The largest absolute Gasteiger partial charge is 0.497 e. The number of aromatic nitrogens is 3. The highest BCUT2D eigenvalue weighted by molar-refractivity contribution is 7.80. The van der Waals surface area contributed by atoms with Gasteiger partial charge in [0.25, 0.3) is 0 Å². The van der Waals surface area contributed by atoms with Crippen LogP contribution in [0.15, 0.2) is 53.7 Å². The first kappa shape index (κ1) is 29.9. The Hall–Kier alpha value is -5.04. The number of fused-ring (bicyclic) bond motifs is 1. The Kier molecular flexibility index (Phi) is 9.65. The smallest absolute Gasteiger partial charge is 0.337 e. The molecule has 0 spiro atoms. The van der Waals surface area contributed by atoms with Crippen molar-refractivity contribution in [1.29, 1.82) is 0 Å². The summed E-state index contributed by atoms with van der Waals surface area (Å²) < 4.78 is 15.0. The number of ether oxygens (including phenoxy) is 3. The molecule has 4 N–H and O–H groups in total. The minimum Gasteiger partial charge on any atom is -0.497 e. The Bertz CT molecular complexity index is 1610. The molecule has 2 heterocycles. The molecule has 42 heavy (non-hydrogen) atoms. The van der Waals surface area contributed by atoms with Gasteiger partial charge in [-0.1, -0.05) is 0 Å². The Morgan fingerprint density at radius 2 is 1.60 bits per heavy atom. The van der Waals surface area contributed by atoms with E-state index in [1.165, 1.54) is 32.4 Å². The van der Waals surface area contributed by atoms with Crippen LogP contribution in [0, 0.1) is 13.8 Å². The standard InChI is InChI=1S/C29H31N7O5S/c1-16-10-17(2)33-28(32-16)35-27(30-9-8-18-15-31-24-7-6-22(39-3)14-23(18)24)36-29(42)34-21-12-19(25(37)40-4)11-20(13-21)26(38)41-5/h6-7,10-15,31H,8-9H2,1-5H3,(H3,30,32,33,34,35,36,42). The summed E-state index contributed by atoms with van der Waals surface area (Å²) in [4.78, 5) is 41.2. The van der Waals surface area contributed by atoms with Gasteiger partial charge in [0.2, 0.25) is 11.9 Å². The number of guanidine groups is 1. The van der Waals surface area contributed by atoms with Gasteiger partial charge in [0.05, 0.1) is 32.5 Å². The molecule has 0 aliphatic rings. The average molecular weight is 590 g/mol. The third kappa shape index (κ3) is 7.57. The number of benzene rings is 2. The number of rotatable bonds is 8. The number of carbonyl (C=O) groups is 2. The molecular formula is C29H31N7O5S. The summed E-state index contributed by atoms with van der Waals surface area (Å²) in [6.45, 7) is 4.14. The third-order valence-corrected chi connectivity index (χ3v) is 6.31. The third-order valence-electron chi connectivity index (χ3n) is 6.10. The molecule has 0 atom stereocenters. The fourth-order valence-corrected chi connectivity index (χ4v) is 4.43. The summed E-state index contributed by atoms with van der Waals surface area (Å²) in [5.74, 6) is 0.180. The number of hydrogen-bond acceptors (Lipinski definition) is 9. The summed E-state index contributed by atoms with van der Waals surface area (Å²) in [7, 11) is 4.14. The molecule has 4 aromatic rings. The minimum atomic E-state index is -0.617. The fourth-order valence-electron chi connectivity index (χ4n) is 4.22. The average Bonchev–Trinajstić information content (AvgIpc) is 3.37. The van der Waals surface area contributed by atoms with Crippen LogP contribution in [0.5, 0.6) is 5.75 Å². The van der Waals surface area contributed by atoms with E-state index in [-0.39, 0.29) is 16.2 Å². The number of nitrogens with one attached hydrogen (secondary N) is 4. The second-order valence-electron chi connectivity index (χ2n) is 9.17. The highest BCUT2D eigenvalue weighted by atomic mass is 32.1. The summed E-state index contributed by atoms with van der Waals surface area (Å²) in [5, 5.41) is 10.3. The highest BCUT2D eigenvalue weighted by Gasteiger charge is 2.15. The number of aryl methyl sites for hydroxylation is 2. The van der Waals surface area contributed by atoms with Crippen molar-refractivity contribution < 1.29 is 23.8 Å². The SMILES string of the molecule is COC(=O)c1cc(NC(=S)NC(=NCCc2c[nH]c3ccc(OC)cc23)Nc2nc(C)cc(C)n2)cc(C(=O)OC)c1. The lowest BCUT2D eigenvalue weighted by atomic mass is 10.1. The van der Waals surface area contributed by atoms with Crippen molar-refractivity contribution in [3.63, 3.8) is 0 Å². The molecule has 0 fully saturated rings. The van der Waals surface area contributed by atoms with Crippen molar-refractivity contribution in [2.45, 2.75) is 20.3 Å². The summed E-state index contributed by atoms with van der Waals surface area (Å²) in [5.41, 5.74) is 4.31. The summed E-state index contributed by atoms with van der Waals surface area (Å²) in [6.07, 6.45) is 2.57. The van der Waals surface area contributed by atoms with Gasteiger partial charge in [0.1, 0.15) is 5.75 Å². The van der Waals surface area contributed by atoms with Crippen LogP contribution in [-0.2, 0) is 15.9 Å². The van der Waals surface area contributed by atoms with Crippen LogP contribution < -0.4 is 20.7 Å². The molecule has 218 valence electrons. The monoisotopic (exact) mass is 589 g/mol.